The number of rotatable bonds is 11. The molecule has 0 spiro atoms. The van der Waals surface area contributed by atoms with E-state index >= 15 is 0 Å². The van der Waals surface area contributed by atoms with Crippen LogP contribution in [-0.4, -0.2) is 12.6 Å². The first-order chi connectivity index (χ1) is 12.3. The van der Waals surface area contributed by atoms with Crippen molar-refractivity contribution in [2.45, 2.75) is 52.1 Å². The van der Waals surface area contributed by atoms with E-state index in [0.29, 0.717) is 19.6 Å². The molecule has 0 atom stereocenters. The molecule has 0 N–H and O–H groups in total. The van der Waals surface area contributed by atoms with E-state index in [4.69, 9.17) is 9.47 Å². The van der Waals surface area contributed by atoms with Crippen LogP contribution < -0.4 is 4.74 Å². The molecular weight excluding hydrogens is 312 g/mol. The van der Waals surface area contributed by atoms with Crippen molar-refractivity contribution >= 4 is 5.97 Å². The summed E-state index contributed by atoms with van der Waals surface area (Å²) in [5.41, 5.74) is 2.29. The van der Waals surface area contributed by atoms with Crippen molar-refractivity contribution in [3.05, 3.63) is 65.7 Å². The molecule has 0 fully saturated rings. The van der Waals surface area contributed by atoms with E-state index in [2.05, 4.69) is 6.92 Å². The van der Waals surface area contributed by atoms with Gasteiger partial charge in [0.1, 0.15) is 12.4 Å². The van der Waals surface area contributed by atoms with Crippen LogP contribution >= 0.6 is 0 Å². The summed E-state index contributed by atoms with van der Waals surface area (Å²) < 4.78 is 11.1. The van der Waals surface area contributed by atoms with Gasteiger partial charge in [-0.05, 0) is 29.7 Å². The maximum Gasteiger partial charge on any atom is 0.305 e. The summed E-state index contributed by atoms with van der Waals surface area (Å²) in [4.78, 5) is 11.6. The molecule has 0 radical (unpaired) electrons. The zero-order valence-electron chi connectivity index (χ0n) is 15.1. The normalized spacial score (nSPS) is 10.4. The van der Waals surface area contributed by atoms with Crippen LogP contribution in [0.3, 0.4) is 0 Å². The molecule has 0 aromatic heterocycles. The van der Waals surface area contributed by atoms with Gasteiger partial charge in [-0.2, -0.15) is 0 Å². The van der Waals surface area contributed by atoms with E-state index < -0.39 is 0 Å². The maximum absolute atomic E-state index is 11.6. The van der Waals surface area contributed by atoms with Crippen LogP contribution in [0, 0.1) is 0 Å². The molecular formula is C22H28O3. The van der Waals surface area contributed by atoms with E-state index in [1.165, 1.54) is 12.8 Å². The Bertz CT molecular complexity index is 605. The monoisotopic (exact) mass is 340 g/mol. The van der Waals surface area contributed by atoms with Gasteiger partial charge in [0.05, 0.1) is 6.61 Å². The summed E-state index contributed by atoms with van der Waals surface area (Å²) >= 11 is 0. The maximum atomic E-state index is 11.6. The first-order valence-electron chi connectivity index (χ1n) is 9.19. The highest BCUT2D eigenvalue weighted by atomic mass is 16.5. The van der Waals surface area contributed by atoms with Gasteiger partial charge < -0.3 is 9.47 Å². The SMILES string of the molecule is CCCCCCC(=O)OCCc1ccc(OCc2ccccc2)cc1. The third-order valence-corrected chi connectivity index (χ3v) is 4.06. The Hall–Kier alpha value is -2.29. The van der Waals surface area contributed by atoms with Gasteiger partial charge in [-0.15, -0.1) is 0 Å². The molecule has 3 heteroatoms. The molecule has 3 nitrogen and oxygen atoms in total. The molecule has 0 bridgehead atoms. The number of hydrogen-bond acceptors (Lipinski definition) is 3. The number of carbonyl (C=O) groups excluding carboxylic acids is 1. The van der Waals surface area contributed by atoms with Crippen molar-refractivity contribution in [2.75, 3.05) is 6.61 Å². The van der Waals surface area contributed by atoms with Gasteiger partial charge in [-0.25, -0.2) is 0 Å². The first-order valence-corrected chi connectivity index (χ1v) is 9.19. The van der Waals surface area contributed by atoms with E-state index in [0.717, 1.165) is 36.1 Å². The van der Waals surface area contributed by atoms with Crippen molar-refractivity contribution in [1.29, 1.82) is 0 Å². The largest absolute Gasteiger partial charge is 0.489 e. The minimum atomic E-state index is -0.0843. The number of ether oxygens (including phenoxy) is 2. The summed E-state index contributed by atoms with van der Waals surface area (Å²) in [5.74, 6) is 0.763. The van der Waals surface area contributed by atoms with Gasteiger partial charge >= 0.3 is 5.97 Å². The van der Waals surface area contributed by atoms with Crippen LogP contribution in [0.1, 0.15) is 50.2 Å². The van der Waals surface area contributed by atoms with Crippen LogP contribution in [0.5, 0.6) is 5.75 Å². The summed E-state index contributed by atoms with van der Waals surface area (Å²) in [7, 11) is 0. The zero-order valence-corrected chi connectivity index (χ0v) is 15.1. The summed E-state index contributed by atoms with van der Waals surface area (Å²) in [6.45, 7) is 3.17. The third kappa shape index (κ3) is 7.88. The van der Waals surface area contributed by atoms with Crippen LogP contribution in [0.25, 0.3) is 0 Å². The molecule has 0 saturated carbocycles. The van der Waals surface area contributed by atoms with Crippen molar-refractivity contribution < 1.29 is 14.3 Å². The average Bonchev–Trinajstić information content (AvgIpc) is 2.65. The molecule has 0 aliphatic carbocycles. The van der Waals surface area contributed by atoms with E-state index in [1.807, 2.05) is 54.6 Å². The molecule has 2 aromatic rings. The number of hydrogen-bond donors (Lipinski definition) is 0. The second kappa shape index (κ2) is 11.3. The molecule has 25 heavy (non-hydrogen) atoms. The van der Waals surface area contributed by atoms with Crippen LogP contribution in [0.15, 0.2) is 54.6 Å². The standard InChI is InChI=1S/C22H28O3/c1-2-3-4-8-11-22(23)24-17-16-19-12-14-21(15-13-19)25-18-20-9-6-5-7-10-20/h5-7,9-10,12-15H,2-4,8,11,16-18H2,1H3. The molecule has 2 aromatic carbocycles. The lowest BCUT2D eigenvalue weighted by molar-refractivity contribution is -0.143. The topological polar surface area (TPSA) is 35.5 Å². The Morgan fingerprint density at radius 3 is 2.36 bits per heavy atom. The van der Waals surface area contributed by atoms with Crippen LogP contribution in [-0.2, 0) is 22.6 Å². The molecule has 0 aliphatic rings. The number of unbranched alkanes of at least 4 members (excludes halogenated alkanes) is 3. The van der Waals surface area contributed by atoms with Crippen LogP contribution in [0.4, 0.5) is 0 Å². The molecule has 2 rings (SSSR count). The second-order valence-corrected chi connectivity index (χ2v) is 6.20. The van der Waals surface area contributed by atoms with Gasteiger partial charge in [0.2, 0.25) is 0 Å². The van der Waals surface area contributed by atoms with Gasteiger partial charge in [0, 0.05) is 12.8 Å². The fourth-order valence-corrected chi connectivity index (χ4v) is 2.54. The van der Waals surface area contributed by atoms with Crippen molar-refractivity contribution in [3.63, 3.8) is 0 Å². The Morgan fingerprint density at radius 1 is 0.880 bits per heavy atom. The predicted octanol–water partition coefficient (Wildman–Crippen LogP) is 5.32. The summed E-state index contributed by atoms with van der Waals surface area (Å²) in [6.07, 6.45) is 5.67. The number of carbonyl (C=O) groups is 1. The summed E-state index contributed by atoms with van der Waals surface area (Å²) in [6, 6.07) is 18.1. The van der Waals surface area contributed by atoms with E-state index in [9.17, 15) is 4.79 Å². The highest BCUT2D eigenvalue weighted by Gasteiger charge is 2.03. The van der Waals surface area contributed by atoms with E-state index in [-0.39, 0.29) is 5.97 Å². The predicted molar refractivity (Wildman–Crippen MR) is 101 cm³/mol. The summed E-state index contributed by atoms with van der Waals surface area (Å²) in [5, 5.41) is 0. The number of esters is 1. The zero-order chi connectivity index (χ0) is 17.7. The second-order valence-electron chi connectivity index (χ2n) is 6.20. The number of benzene rings is 2. The Labute approximate surface area is 151 Å². The average molecular weight is 340 g/mol. The lowest BCUT2D eigenvalue weighted by atomic mass is 10.1. The highest BCUT2D eigenvalue weighted by Crippen LogP contribution is 2.15. The molecule has 134 valence electrons. The van der Waals surface area contributed by atoms with Gasteiger partial charge in [0.15, 0.2) is 0 Å². The Balaban J connectivity index is 1.64. The lowest BCUT2D eigenvalue weighted by Gasteiger charge is -2.08. The van der Waals surface area contributed by atoms with Crippen molar-refractivity contribution in [2.24, 2.45) is 0 Å². The first kappa shape index (κ1) is 19.0. The fraction of sp³-hybridized carbons (Fsp3) is 0.409. The lowest BCUT2D eigenvalue weighted by Crippen LogP contribution is -2.07. The molecule has 0 aliphatic heterocycles. The molecule has 0 amide bonds. The van der Waals surface area contributed by atoms with Gasteiger partial charge in [-0.1, -0.05) is 68.7 Å². The smallest absolute Gasteiger partial charge is 0.305 e. The van der Waals surface area contributed by atoms with Gasteiger partial charge in [-0.3, -0.25) is 4.79 Å². The highest BCUT2D eigenvalue weighted by molar-refractivity contribution is 5.69. The Morgan fingerprint density at radius 2 is 1.64 bits per heavy atom. The van der Waals surface area contributed by atoms with Crippen molar-refractivity contribution in [3.8, 4) is 5.75 Å². The quantitative estimate of drug-likeness (QED) is 0.410. The third-order valence-electron chi connectivity index (χ3n) is 4.06. The van der Waals surface area contributed by atoms with Gasteiger partial charge in [0.25, 0.3) is 0 Å². The fourth-order valence-electron chi connectivity index (χ4n) is 2.54. The van der Waals surface area contributed by atoms with E-state index in [1.54, 1.807) is 0 Å². The minimum absolute atomic E-state index is 0.0843. The van der Waals surface area contributed by atoms with Crippen molar-refractivity contribution in [1.82, 2.24) is 0 Å². The Kier molecular flexibility index (Phi) is 8.60. The minimum Gasteiger partial charge on any atom is -0.489 e. The molecule has 0 unspecified atom stereocenters. The molecule has 0 heterocycles. The van der Waals surface area contributed by atoms with Crippen LogP contribution in [0.2, 0.25) is 0 Å². The molecule has 0 saturated heterocycles.